The Bertz CT molecular complexity index is 1260. The van der Waals surface area contributed by atoms with E-state index in [9.17, 15) is 18.0 Å². The van der Waals surface area contributed by atoms with Gasteiger partial charge in [0, 0.05) is 22.5 Å². The third-order valence-electron chi connectivity index (χ3n) is 4.31. The van der Waals surface area contributed by atoms with Gasteiger partial charge in [0.1, 0.15) is 0 Å². The van der Waals surface area contributed by atoms with Gasteiger partial charge in [0.15, 0.2) is 5.13 Å². The lowest BCUT2D eigenvalue weighted by atomic mass is 10.1. The zero-order valence-corrected chi connectivity index (χ0v) is 19.0. The van der Waals surface area contributed by atoms with Crippen LogP contribution in [-0.4, -0.2) is 36.9 Å². The fraction of sp³-hybridized carbons (Fsp3) is 0.150. The Hall–Kier alpha value is -2.96. The number of benzene rings is 2. The molecule has 170 valence electrons. The summed E-state index contributed by atoms with van der Waals surface area (Å²) >= 11 is 8.38. The molecule has 1 N–H and O–H groups in total. The summed E-state index contributed by atoms with van der Waals surface area (Å²) in [6, 6.07) is 12.4. The lowest BCUT2D eigenvalue weighted by Crippen LogP contribution is -2.14. The summed E-state index contributed by atoms with van der Waals surface area (Å²) in [5.74, 6) is -0.276. The average molecular weight is 511 g/mol. The minimum atomic E-state index is -4.45. The normalized spacial score (nSPS) is 11.5. The topological polar surface area (TPSA) is 85.6 Å². The van der Waals surface area contributed by atoms with Crippen LogP contribution in [-0.2, 0) is 17.4 Å². The molecule has 0 bridgehead atoms. The molecule has 0 aliphatic carbocycles. The van der Waals surface area contributed by atoms with Gasteiger partial charge < -0.3 is 5.32 Å². The van der Waals surface area contributed by atoms with Crippen molar-refractivity contribution in [1.82, 2.24) is 25.2 Å². The number of alkyl halides is 3. The van der Waals surface area contributed by atoms with Crippen LogP contribution in [0.2, 0.25) is 5.02 Å². The van der Waals surface area contributed by atoms with E-state index in [0.717, 1.165) is 40.9 Å². The molecule has 0 saturated heterocycles. The minimum absolute atomic E-state index is 0.0432. The van der Waals surface area contributed by atoms with Gasteiger partial charge in [-0.1, -0.05) is 41.6 Å². The number of amides is 1. The predicted octanol–water partition coefficient (Wildman–Crippen LogP) is 5.11. The van der Waals surface area contributed by atoms with Crippen LogP contribution in [0.3, 0.4) is 0 Å². The molecule has 33 heavy (non-hydrogen) atoms. The maximum absolute atomic E-state index is 13.0. The van der Waals surface area contributed by atoms with Gasteiger partial charge >= 0.3 is 6.18 Å². The summed E-state index contributed by atoms with van der Waals surface area (Å²) in [6.07, 6.45) is -2.79. The summed E-state index contributed by atoms with van der Waals surface area (Å²) in [5, 5.41) is 15.2. The van der Waals surface area contributed by atoms with E-state index in [1.807, 2.05) is 30.3 Å². The van der Waals surface area contributed by atoms with E-state index in [1.165, 1.54) is 16.9 Å². The van der Waals surface area contributed by atoms with Crippen molar-refractivity contribution < 1.29 is 18.0 Å². The van der Waals surface area contributed by atoms with Gasteiger partial charge in [0.25, 0.3) is 0 Å². The summed E-state index contributed by atoms with van der Waals surface area (Å²) in [6.45, 7) is 0. The highest BCUT2D eigenvalue weighted by Crippen LogP contribution is 2.33. The van der Waals surface area contributed by atoms with E-state index >= 15 is 0 Å². The van der Waals surface area contributed by atoms with E-state index in [2.05, 4.69) is 25.8 Å². The monoisotopic (exact) mass is 510 g/mol. The molecule has 1 amide bonds. The Kier molecular flexibility index (Phi) is 6.96. The molecular weight excluding hydrogens is 497 g/mol. The maximum atomic E-state index is 13.0. The molecule has 2 aromatic heterocycles. The number of thiazole rings is 1. The smallest absolute Gasteiger partial charge is 0.301 e. The number of carbonyl (C=O) groups is 1. The number of carbonyl (C=O) groups excluding carboxylic acids is 1. The number of anilines is 1. The third-order valence-corrected chi connectivity index (χ3v) is 6.51. The van der Waals surface area contributed by atoms with Crippen LogP contribution in [0, 0.1) is 0 Å². The molecular formula is C20H14ClF3N6OS2. The van der Waals surface area contributed by atoms with Crippen LogP contribution in [0.1, 0.15) is 16.0 Å². The van der Waals surface area contributed by atoms with E-state index in [-0.39, 0.29) is 23.1 Å². The van der Waals surface area contributed by atoms with Crippen molar-refractivity contribution in [2.75, 3.05) is 11.1 Å². The second-order valence-electron chi connectivity index (χ2n) is 6.66. The molecule has 2 heterocycles. The molecule has 0 atom stereocenters. The number of rotatable bonds is 7. The standard InChI is InChI=1S/C20H14ClF3N6OS2/c21-16-7-6-13(20(22,23)24)8-12(16)9-15-10-25-18(33-15)26-17(31)11-32-19-27-28-29-30(19)14-4-2-1-3-5-14/h1-8,10H,9,11H2,(H,25,26,31). The molecule has 0 spiro atoms. The number of tetrazole rings is 1. The maximum Gasteiger partial charge on any atom is 0.416 e. The zero-order valence-electron chi connectivity index (χ0n) is 16.6. The quantitative estimate of drug-likeness (QED) is 0.348. The van der Waals surface area contributed by atoms with Crippen LogP contribution in [0.25, 0.3) is 5.69 Å². The second kappa shape index (κ2) is 9.89. The largest absolute Gasteiger partial charge is 0.416 e. The summed E-state index contributed by atoms with van der Waals surface area (Å²) in [4.78, 5) is 17.1. The highest BCUT2D eigenvalue weighted by Gasteiger charge is 2.31. The summed E-state index contributed by atoms with van der Waals surface area (Å²) in [7, 11) is 0. The Labute approximate surface area is 199 Å². The highest BCUT2D eigenvalue weighted by molar-refractivity contribution is 7.99. The third kappa shape index (κ3) is 5.89. The van der Waals surface area contributed by atoms with Gasteiger partial charge in [-0.25, -0.2) is 4.98 Å². The van der Waals surface area contributed by atoms with Crippen LogP contribution in [0.5, 0.6) is 0 Å². The molecule has 7 nitrogen and oxygen atoms in total. The summed E-state index contributed by atoms with van der Waals surface area (Å²) < 4.78 is 40.4. The first-order valence-corrected chi connectivity index (χ1v) is 11.5. The van der Waals surface area contributed by atoms with Gasteiger partial charge in [-0.3, -0.25) is 4.79 Å². The van der Waals surface area contributed by atoms with Gasteiger partial charge in [0.05, 0.1) is 17.0 Å². The van der Waals surface area contributed by atoms with Crippen LogP contribution in [0.4, 0.5) is 18.3 Å². The lowest BCUT2D eigenvalue weighted by Gasteiger charge is -2.09. The number of nitrogens with one attached hydrogen (secondary N) is 1. The minimum Gasteiger partial charge on any atom is -0.301 e. The molecule has 4 aromatic rings. The molecule has 0 saturated carbocycles. The van der Waals surface area contributed by atoms with E-state index in [4.69, 9.17) is 11.6 Å². The number of halogens is 4. The molecule has 2 aromatic carbocycles. The molecule has 0 aliphatic heterocycles. The van der Waals surface area contributed by atoms with E-state index in [1.54, 1.807) is 0 Å². The van der Waals surface area contributed by atoms with Crippen molar-refractivity contribution in [3.05, 3.63) is 75.8 Å². The number of hydrogen-bond donors (Lipinski definition) is 1. The second-order valence-corrected chi connectivity index (χ2v) is 9.12. The number of thioether (sulfide) groups is 1. The van der Waals surface area contributed by atoms with E-state index in [0.29, 0.717) is 20.7 Å². The number of para-hydroxylation sites is 1. The van der Waals surface area contributed by atoms with Crippen molar-refractivity contribution >= 4 is 45.7 Å². The Morgan fingerprint density at radius 3 is 2.73 bits per heavy atom. The van der Waals surface area contributed by atoms with E-state index < -0.39 is 11.7 Å². The average Bonchev–Trinajstić information content (AvgIpc) is 3.43. The molecule has 0 unspecified atom stereocenters. The molecule has 4 rings (SSSR count). The molecule has 0 fully saturated rings. The number of aromatic nitrogens is 5. The van der Waals surface area contributed by atoms with Crippen molar-refractivity contribution in [2.45, 2.75) is 17.8 Å². The van der Waals surface area contributed by atoms with Gasteiger partial charge in [-0.2, -0.15) is 17.9 Å². The first-order valence-electron chi connectivity index (χ1n) is 9.36. The SMILES string of the molecule is O=C(CSc1nnnn1-c1ccccc1)Nc1ncc(Cc2cc(C(F)(F)F)ccc2Cl)s1. The molecule has 0 radical (unpaired) electrons. The first kappa shape index (κ1) is 23.2. The Morgan fingerprint density at radius 2 is 1.97 bits per heavy atom. The van der Waals surface area contributed by atoms with Gasteiger partial charge in [-0.15, -0.1) is 16.4 Å². The fourth-order valence-electron chi connectivity index (χ4n) is 2.81. The highest BCUT2D eigenvalue weighted by atomic mass is 35.5. The first-order chi connectivity index (χ1) is 15.8. The Balaban J connectivity index is 1.36. The van der Waals surface area contributed by atoms with Gasteiger partial charge in [-0.05, 0) is 46.3 Å². The van der Waals surface area contributed by atoms with Crippen LogP contribution < -0.4 is 5.32 Å². The van der Waals surface area contributed by atoms with Gasteiger partial charge in [0.2, 0.25) is 11.1 Å². The van der Waals surface area contributed by atoms with Crippen molar-refractivity contribution in [2.24, 2.45) is 0 Å². The summed E-state index contributed by atoms with van der Waals surface area (Å²) in [5.41, 5.74) is 0.328. The number of hydrogen-bond acceptors (Lipinski definition) is 7. The van der Waals surface area contributed by atoms with Crippen molar-refractivity contribution in [1.29, 1.82) is 0 Å². The predicted molar refractivity (Wildman–Crippen MR) is 120 cm³/mol. The lowest BCUT2D eigenvalue weighted by molar-refractivity contribution is -0.137. The van der Waals surface area contributed by atoms with Crippen LogP contribution >= 0.6 is 34.7 Å². The molecule has 13 heteroatoms. The Morgan fingerprint density at radius 1 is 1.18 bits per heavy atom. The number of nitrogens with zero attached hydrogens (tertiary/aromatic N) is 5. The van der Waals surface area contributed by atoms with Crippen molar-refractivity contribution in [3.63, 3.8) is 0 Å². The molecule has 0 aliphatic rings. The fourth-order valence-corrected chi connectivity index (χ4v) is 4.53. The van der Waals surface area contributed by atoms with Crippen molar-refractivity contribution in [3.8, 4) is 5.69 Å². The zero-order chi connectivity index (χ0) is 23.4. The van der Waals surface area contributed by atoms with Crippen LogP contribution in [0.15, 0.2) is 59.9 Å².